The van der Waals surface area contributed by atoms with E-state index in [0.717, 1.165) is 54.3 Å². The van der Waals surface area contributed by atoms with Crippen molar-refractivity contribution in [3.8, 4) is 11.3 Å². The molecule has 3 aromatic rings. The molecule has 0 unspecified atom stereocenters. The molecule has 1 aromatic heterocycles. The lowest BCUT2D eigenvalue weighted by atomic mass is 10.0. The predicted octanol–water partition coefficient (Wildman–Crippen LogP) is 4.11. The highest BCUT2D eigenvalue weighted by atomic mass is 16.5. The number of anilines is 2. The molecule has 2 aliphatic rings. The Kier molecular flexibility index (Phi) is 6.04. The number of likely N-dealkylation sites (N-methyl/N-ethyl adjacent to an activating group) is 1. The summed E-state index contributed by atoms with van der Waals surface area (Å²) in [5, 5.41) is 3.31. The summed E-state index contributed by atoms with van der Waals surface area (Å²) in [6.07, 6.45) is 6.10. The van der Waals surface area contributed by atoms with Crippen LogP contribution >= 0.6 is 0 Å². The van der Waals surface area contributed by atoms with Crippen LogP contribution in [0.5, 0.6) is 0 Å². The van der Waals surface area contributed by atoms with Gasteiger partial charge in [-0.05, 0) is 61.0 Å². The Morgan fingerprint density at radius 3 is 2.82 bits per heavy atom. The number of rotatable bonds is 1. The number of hydrogen-bond acceptors (Lipinski definition) is 6. The number of carbonyl (C=O) groups excluding carboxylic acids is 1. The molecule has 1 fully saturated rings. The normalized spacial score (nSPS) is 17.2. The van der Waals surface area contributed by atoms with E-state index in [1.54, 1.807) is 12.5 Å². The Morgan fingerprint density at radius 1 is 1.06 bits per heavy atom. The summed E-state index contributed by atoms with van der Waals surface area (Å²) in [7, 11) is 2.08. The van der Waals surface area contributed by atoms with Crippen molar-refractivity contribution in [2.45, 2.75) is 13.0 Å². The molecule has 0 saturated carbocycles. The van der Waals surface area contributed by atoms with Crippen LogP contribution in [0.25, 0.3) is 11.3 Å². The van der Waals surface area contributed by atoms with E-state index in [0.29, 0.717) is 24.5 Å². The van der Waals surface area contributed by atoms with Gasteiger partial charge in [-0.1, -0.05) is 18.2 Å². The van der Waals surface area contributed by atoms with Gasteiger partial charge >= 0.3 is 0 Å². The number of aromatic nitrogens is 2. The van der Waals surface area contributed by atoms with Crippen LogP contribution in [-0.4, -0.2) is 58.9 Å². The van der Waals surface area contributed by atoms with Gasteiger partial charge in [-0.3, -0.25) is 4.79 Å². The smallest absolute Gasteiger partial charge is 0.254 e. The molecule has 1 saturated heterocycles. The number of piperazine rings is 1. The molecule has 2 aromatic carbocycles. The number of amides is 1. The van der Waals surface area contributed by atoms with Crippen molar-refractivity contribution in [2.24, 2.45) is 0 Å². The van der Waals surface area contributed by atoms with Crippen molar-refractivity contribution >= 4 is 17.5 Å². The quantitative estimate of drug-likeness (QED) is 0.610. The van der Waals surface area contributed by atoms with Crippen LogP contribution in [0.2, 0.25) is 0 Å². The minimum absolute atomic E-state index is 0. The molecule has 0 radical (unpaired) electrons. The van der Waals surface area contributed by atoms with E-state index in [4.69, 9.17) is 9.72 Å². The standard InChI is InChI=1S/C26H27N5O2.H2/c1-30-9-11-31(12-10-30)25(32)22-14-19-5-3-13-33-18-20-4-2-6-21(15-20)24-7-8-27-26(29-24)28-23(16-19)17-22;/h2-4,6-8,13-17H,5,9-12,18H2,1H3,(H,27,28,29);1H/b13-3+;. The number of carbonyl (C=O) groups is 1. The zero-order chi connectivity index (χ0) is 22.6. The van der Waals surface area contributed by atoms with Crippen molar-refractivity contribution in [1.82, 2.24) is 19.8 Å². The first-order valence-corrected chi connectivity index (χ1v) is 11.2. The second-order valence-corrected chi connectivity index (χ2v) is 8.49. The Morgan fingerprint density at radius 2 is 1.94 bits per heavy atom. The summed E-state index contributed by atoms with van der Waals surface area (Å²) in [5.41, 5.74) is 5.37. The van der Waals surface area contributed by atoms with Gasteiger partial charge < -0.3 is 19.9 Å². The minimum Gasteiger partial charge on any atom is -0.497 e. The SMILES string of the molecule is CN1CCN(C(=O)c2cc3cc(c2)Nc2nccc(n2)-c2cccc(c2)CO/C=C/C3)CC1.[HH]. The van der Waals surface area contributed by atoms with E-state index < -0.39 is 0 Å². The Bertz CT molecular complexity index is 1190. The van der Waals surface area contributed by atoms with Gasteiger partial charge in [-0.2, -0.15) is 0 Å². The largest absolute Gasteiger partial charge is 0.497 e. The van der Waals surface area contributed by atoms with Crippen LogP contribution in [0.15, 0.2) is 67.1 Å². The first-order valence-electron chi connectivity index (χ1n) is 11.2. The van der Waals surface area contributed by atoms with Crippen LogP contribution in [-0.2, 0) is 17.8 Å². The Hall–Kier alpha value is -3.71. The third-order valence-electron chi connectivity index (χ3n) is 5.96. The lowest BCUT2D eigenvalue weighted by molar-refractivity contribution is 0.0664. The van der Waals surface area contributed by atoms with Gasteiger partial charge in [-0.25, -0.2) is 9.97 Å². The number of benzene rings is 2. The van der Waals surface area contributed by atoms with Crippen molar-refractivity contribution in [3.63, 3.8) is 0 Å². The number of allylic oxidation sites excluding steroid dienone is 1. The maximum absolute atomic E-state index is 13.3. The third-order valence-corrected chi connectivity index (χ3v) is 5.96. The molecule has 33 heavy (non-hydrogen) atoms. The molecule has 0 spiro atoms. The van der Waals surface area contributed by atoms with Gasteiger partial charge in [0, 0.05) is 50.6 Å². The number of nitrogens with one attached hydrogen (secondary N) is 1. The van der Waals surface area contributed by atoms with Crippen LogP contribution in [0.1, 0.15) is 22.9 Å². The molecule has 3 heterocycles. The molecule has 2 aliphatic heterocycles. The summed E-state index contributed by atoms with van der Waals surface area (Å²) in [5.74, 6) is 0.548. The first kappa shape index (κ1) is 21.2. The van der Waals surface area contributed by atoms with E-state index in [1.165, 1.54) is 0 Å². The molecule has 6 bridgehead atoms. The monoisotopic (exact) mass is 443 g/mol. The topological polar surface area (TPSA) is 70.6 Å². The van der Waals surface area contributed by atoms with Crippen LogP contribution in [0, 0.1) is 0 Å². The molecule has 0 atom stereocenters. The Balaban J connectivity index is 0.00000274. The zero-order valence-corrected chi connectivity index (χ0v) is 18.7. The fourth-order valence-electron chi connectivity index (χ4n) is 4.12. The molecule has 7 heteroatoms. The van der Waals surface area contributed by atoms with E-state index >= 15 is 0 Å². The van der Waals surface area contributed by atoms with E-state index in [9.17, 15) is 4.79 Å². The van der Waals surface area contributed by atoms with E-state index in [-0.39, 0.29) is 7.33 Å². The highest BCUT2D eigenvalue weighted by Crippen LogP contribution is 2.24. The molecule has 7 nitrogen and oxygen atoms in total. The summed E-state index contributed by atoms with van der Waals surface area (Å²) in [6.45, 7) is 3.73. The highest BCUT2D eigenvalue weighted by molar-refractivity contribution is 5.95. The molecular formula is C26H29N5O2. The van der Waals surface area contributed by atoms with E-state index in [1.807, 2.05) is 53.4 Å². The number of ether oxygens (including phenoxy) is 1. The van der Waals surface area contributed by atoms with Crippen molar-refractivity contribution in [1.29, 1.82) is 0 Å². The third kappa shape index (κ3) is 5.04. The van der Waals surface area contributed by atoms with Gasteiger partial charge in [0.1, 0.15) is 6.61 Å². The fourth-order valence-corrected chi connectivity index (χ4v) is 4.12. The molecule has 1 N–H and O–H groups in total. The van der Waals surface area contributed by atoms with Gasteiger partial charge in [-0.15, -0.1) is 0 Å². The average Bonchev–Trinajstić information content (AvgIpc) is 2.84. The van der Waals surface area contributed by atoms with Crippen molar-refractivity contribution < 1.29 is 11.0 Å². The lowest BCUT2D eigenvalue weighted by Crippen LogP contribution is -2.47. The number of hydrogen-bond donors (Lipinski definition) is 1. The molecule has 1 amide bonds. The van der Waals surface area contributed by atoms with Gasteiger partial charge in [0.2, 0.25) is 5.95 Å². The highest BCUT2D eigenvalue weighted by Gasteiger charge is 2.21. The predicted molar refractivity (Wildman–Crippen MR) is 130 cm³/mol. The lowest BCUT2D eigenvalue weighted by Gasteiger charge is -2.32. The Labute approximate surface area is 195 Å². The molecule has 170 valence electrons. The van der Waals surface area contributed by atoms with E-state index in [2.05, 4.69) is 28.3 Å². The second-order valence-electron chi connectivity index (χ2n) is 8.49. The van der Waals surface area contributed by atoms with Crippen molar-refractivity contribution in [3.05, 3.63) is 83.8 Å². The summed E-state index contributed by atoms with van der Waals surface area (Å²) in [4.78, 5) is 26.5. The summed E-state index contributed by atoms with van der Waals surface area (Å²) in [6, 6.07) is 15.9. The maximum atomic E-state index is 13.3. The van der Waals surface area contributed by atoms with Crippen LogP contribution in [0.3, 0.4) is 0 Å². The fraction of sp³-hybridized carbons (Fsp3) is 0.269. The summed E-state index contributed by atoms with van der Waals surface area (Å²) >= 11 is 0. The van der Waals surface area contributed by atoms with Gasteiger partial charge in [0.15, 0.2) is 0 Å². The second kappa shape index (κ2) is 9.42. The van der Waals surface area contributed by atoms with Crippen LogP contribution < -0.4 is 5.32 Å². The van der Waals surface area contributed by atoms with Crippen LogP contribution in [0.4, 0.5) is 11.6 Å². The summed E-state index contributed by atoms with van der Waals surface area (Å²) < 4.78 is 5.75. The molecule has 0 aliphatic carbocycles. The molecular weight excluding hydrogens is 414 g/mol. The zero-order valence-electron chi connectivity index (χ0n) is 18.7. The van der Waals surface area contributed by atoms with Crippen molar-refractivity contribution in [2.75, 3.05) is 38.5 Å². The maximum Gasteiger partial charge on any atom is 0.254 e. The number of nitrogens with zero attached hydrogens (tertiary/aromatic N) is 4. The average molecular weight is 444 g/mol. The number of fused-ring (bicyclic) bond motifs is 7. The first-order chi connectivity index (χ1) is 16.1. The van der Waals surface area contributed by atoms with Gasteiger partial charge in [0.05, 0.1) is 12.0 Å². The molecule has 5 rings (SSSR count). The van der Waals surface area contributed by atoms with Gasteiger partial charge in [0.25, 0.3) is 5.91 Å². The minimum atomic E-state index is 0.